The fourth-order valence-electron chi connectivity index (χ4n) is 3.91. The van der Waals surface area contributed by atoms with Crippen molar-refractivity contribution in [3.8, 4) is 16.9 Å². The van der Waals surface area contributed by atoms with Crippen LogP contribution in [0.25, 0.3) is 11.1 Å². The SMILES string of the molecule is CCOC(=O)CC(NC(=O)Nc1c(O)c(C)cn(CC)c1=O)c1cccc(-c2ccccc2C)c1. The van der Waals surface area contributed by atoms with Crippen LogP contribution in [0.15, 0.2) is 59.5 Å². The summed E-state index contributed by atoms with van der Waals surface area (Å²) in [5.41, 5.74) is 3.50. The van der Waals surface area contributed by atoms with Crippen molar-refractivity contribution in [2.45, 2.75) is 46.7 Å². The summed E-state index contributed by atoms with van der Waals surface area (Å²) in [5, 5.41) is 15.6. The van der Waals surface area contributed by atoms with Crippen molar-refractivity contribution < 1.29 is 19.4 Å². The zero-order chi connectivity index (χ0) is 25.5. The third kappa shape index (κ3) is 6.09. The Morgan fingerprint density at radius 3 is 2.49 bits per heavy atom. The number of carbonyl (C=O) groups excluding carboxylic acids is 2. The molecule has 0 aliphatic heterocycles. The van der Waals surface area contributed by atoms with E-state index >= 15 is 0 Å². The number of esters is 1. The highest BCUT2D eigenvalue weighted by Crippen LogP contribution is 2.28. The second kappa shape index (κ2) is 11.4. The number of carbonyl (C=O) groups is 2. The van der Waals surface area contributed by atoms with Crippen LogP contribution in [0, 0.1) is 13.8 Å². The van der Waals surface area contributed by atoms with Crippen LogP contribution >= 0.6 is 0 Å². The van der Waals surface area contributed by atoms with Crippen molar-refractivity contribution in [2.75, 3.05) is 11.9 Å². The summed E-state index contributed by atoms with van der Waals surface area (Å²) in [5.74, 6) is -0.760. The minimum atomic E-state index is -0.724. The van der Waals surface area contributed by atoms with Gasteiger partial charge in [0, 0.05) is 18.3 Å². The van der Waals surface area contributed by atoms with Gasteiger partial charge in [-0.05, 0) is 56.0 Å². The van der Waals surface area contributed by atoms with Crippen LogP contribution in [0.4, 0.5) is 10.5 Å². The van der Waals surface area contributed by atoms with Crippen LogP contribution in [0.1, 0.15) is 43.0 Å². The number of anilines is 1. The maximum Gasteiger partial charge on any atom is 0.319 e. The topological polar surface area (TPSA) is 110 Å². The zero-order valence-corrected chi connectivity index (χ0v) is 20.4. The Hall–Kier alpha value is -4.07. The summed E-state index contributed by atoms with van der Waals surface area (Å²) >= 11 is 0. The summed E-state index contributed by atoms with van der Waals surface area (Å²) in [4.78, 5) is 37.9. The molecule has 1 aromatic heterocycles. The van der Waals surface area contributed by atoms with Crippen LogP contribution in [0.3, 0.4) is 0 Å². The average molecular weight is 478 g/mol. The van der Waals surface area contributed by atoms with Crippen LogP contribution in [0.5, 0.6) is 5.75 Å². The molecule has 0 aliphatic rings. The van der Waals surface area contributed by atoms with Crippen molar-refractivity contribution >= 4 is 17.7 Å². The van der Waals surface area contributed by atoms with E-state index in [9.17, 15) is 19.5 Å². The average Bonchev–Trinajstić information content (AvgIpc) is 2.84. The molecule has 1 atom stereocenters. The summed E-state index contributed by atoms with van der Waals surface area (Å²) < 4.78 is 6.50. The fourth-order valence-corrected chi connectivity index (χ4v) is 3.91. The lowest BCUT2D eigenvalue weighted by Crippen LogP contribution is -2.36. The molecule has 0 radical (unpaired) electrons. The highest BCUT2D eigenvalue weighted by atomic mass is 16.5. The van der Waals surface area contributed by atoms with E-state index in [0.29, 0.717) is 17.7 Å². The lowest BCUT2D eigenvalue weighted by atomic mass is 9.95. The van der Waals surface area contributed by atoms with Crippen LogP contribution in [0.2, 0.25) is 0 Å². The van der Waals surface area contributed by atoms with Gasteiger partial charge in [-0.25, -0.2) is 4.79 Å². The molecule has 1 unspecified atom stereocenters. The lowest BCUT2D eigenvalue weighted by Gasteiger charge is -2.20. The van der Waals surface area contributed by atoms with Crippen LogP contribution in [-0.2, 0) is 16.1 Å². The summed E-state index contributed by atoms with van der Waals surface area (Å²) in [7, 11) is 0. The quantitative estimate of drug-likeness (QED) is 0.408. The molecule has 184 valence electrons. The van der Waals surface area contributed by atoms with E-state index in [4.69, 9.17) is 4.74 Å². The number of benzene rings is 2. The monoisotopic (exact) mass is 477 g/mol. The molecule has 2 amide bonds. The van der Waals surface area contributed by atoms with Gasteiger partial charge in [0.25, 0.3) is 5.56 Å². The molecule has 1 heterocycles. The molecule has 2 aromatic carbocycles. The highest BCUT2D eigenvalue weighted by Gasteiger charge is 2.22. The number of hydrogen-bond acceptors (Lipinski definition) is 5. The van der Waals surface area contributed by atoms with E-state index in [1.54, 1.807) is 20.8 Å². The predicted molar refractivity (Wildman–Crippen MR) is 136 cm³/mol. The first-order chi connectivity index (χ1) is 16.7. The van der Waals surface area contributed by atoms with Crippen molar-refractivity contribution in [1.82, 2.24) is 9.88 Å². The second-order valence-corrected chi connectivity index (χ2v) is 8.23. The summed E-state index contributed by atoms with van der Waals surface area (Å²) in [6, 6.07) is 14.1. The van der Waals surface area contributed by atoms with Gasteiger partial charge >= 0.3 is 12.0 Å². The maximum atomic E-state index is 12.9. The molecular weight excluding hydrogens is 446 g/mol. The zero-order valence-electron chi connectivity index (χ0n) is 20.4. The van der Waals surface area contributed by atoms with Gasteiger partial charge in [-0.15, -0.1) is 0 Å². The van der Waals surface area contributed by atoms with E-state index in [2.05, 4.69) is 10.6 Å². The van der Waals surface area contributed by atoms with Gasteiger partial charge in [0.2, 0.25) is 0 Å². The number of nitrogens with one attached hydrogen (secondary N) is 2. The molecule has 3 aromatic rings. The third-order valence-electron chi connectivity index (χ3n) is 5.74. The van der Waals surface area contributed by atoms with E-state index in [-0.39, 0.29) is 24.5 Å². The van der Waals surface area contributed by atoms with E-state index in [1.165, 1.54) is 10.8 Å². The predicted octanol–water partition coefficient (Wildman–Crippen LogP) is 4.67. The van der Waals surface area contributed by atoms with Gasteiger partial charge in [-0.2, -0.15) is 0 Å². The van der Waals surface area contributed by atoms with E-state index in [1.807, 2.05) is 55.5 Å². The van der Waals surface area contributed by atoms with E-state index < -0.39 is 23.6 Å². The fraction of sp³-hybridized carbons (Fsp3) is 0.296. The number of amides is 2. The van der Waals surface area contributed by atoms with Crippen molar-refractivity contribution in [3.05, 3.63) is 81.8 Å². The Labute approximate surface area is 204 Å². The molecule has 8 heteroatoms. The Morgan fingerprint density at radius 2 is 1.80 bits per heavy atom. The molecule has 0 spiro atoms. The first kappa shape index (κ1) is 25.6. The van der Waals surface area contributed by atoms with Crippen LogP contribution < -0.4 is 16.2 Å². The van der Waals surface area contributed by atoms with Crippen LogP contribution in [-0.4, -0.2) is 28.3 Å². The number of aryl methyl sites for hydroxylation is 3. The molecule has 0 saturated carbocycles. The Balaban J connectivity index is 1.92. The minimum absolute atomic E-state index is 0.0997. The number of rotatable bonds is 8. The number of hydrogen-bond donors (Lipinski definition) is 3. The van der Waals surface area contributed by atoms with Crippen molar-refractivity contribution in [2.24, 2.45) is 0 Å². The second-order valence-electron chi connectivity index (χ2n) is 8.23. The van der Waals surface area contributed by atoms with Gasteiger partial charge in [0.05, 0.1) is 19.1 Å². The molecular formula is C27H31N3O5. The Morgan fingerprint density at radius 1 is 1.06 bits per heavy atom. The number of nitrogens with zero attached hydrogens (tertiary/aromatic N) is 1. The summed E-state index contributed by atoms with van der Waals surface area (Å²) in [6.07, 6.45) is 1.43. The first-order valence-corrected chi connectivity index (χ1v) is 11.6. The maximum absolute atomic E-state index is 12.9. The number of urea groups is 1. The van der Waals surface area contributed by atoms with Gasteiger partial charge in [-0.3, -0.25) is 9.59 Å². The minimum Gasteiger partial charge on any atom is -0.505 e. The standard InChI is InChI=1S/C27H31N3O5/c1-5-30-16-18(4)25(32)24(26(30)33)29-27(34)28-22(15-23(31)35-6-2)20-12-9-11-19(14-20)21-13-8-7-10-17(21)3/h7-14,16,22,32H,5-6,15H2,1-4H3,(H2,28,29,34). The number of aromatic nitrogens is 1. The molecule has 8 nitrogen and oxygen atoms in total. The van der Waals surface area contributed by atoms with Gasteiger partial charge in [-0.1, -0.05) is 42.5 Å². The van der Waals surface area contributed by atoms with Gasteiger partial charge < -0.3 is 25.0 Å². The molecule has 35 heavy (non-hydrogen) atoms. The van der Waals surface area contributed by atoms with E-state index in [0.717, 1.165) is 16.7 Å². The highest BCUT2D eigenvalue weighted by molar-refractivity contribution is 5.91. The first-order valence-electron chi connectivity index (χ1n) is 11.6. The van der Waals surface area contributed by atoms with Crippen molar-refractivity contribution in [3.63, 3.8) is 0 Å². The molecule has 0 bridgehead atoms. The molecule has 0 aliphatic carbocycles. The molecule has 3 rings (SSSR count). The van der Waals surface area contributed by atoms with Gasteiger partial charge in [0.15, 0.2) is 5.69 Å². The Bertz CT molecular complexity index is 1280. The molecule has 0 fully saturated rings. The summed E-state index contributed by atoms with van der Waals surface area (Å²) in [6.45, 7) is 7.76. The largest absolute Gasteiger partial charge is 0.505 e. The third-order valence-corrected chi connectivity index (χ3v) is 5.74. The number of pyridine rings is 1. The smallest absolute Gasteiger partial charge is 0.319 e. The Kier molecular flexibility index (Phi) is 8.30. The van der Waals surface area contributed by atoms with Gasteiger partial charge in [0.1, 0.15) is 5.75 Å². The molecule has 0 saturated heterocycles. The number of ether oxygens (including phenoxy) is 1. The number of aromatic hydroxyl groups is 1. The van der Waals surface area contributed by atoms with Crippen molar-refractivity contribution in [1.29, 1.82) is 0 Å². The normalized spacial score (nSPS) is 11.5. The lowest BCUT2D eigenvalue weighted by molar-refractivity contribution is -0.143. The molecule has 3 N–H and O–H groups in total.